The molecule has 0 saturated carbocycles. The lowest BCUT2D eigenvalue weighted by Crippen LogP contribution is -2.29. The van der Waals surface area contributed by atoms with Crippen molar-refractivity contribution >= 4 is 11.6 Å². The van der Waals surface area contributed by atoms with Crippen molar-refractivity contribution in [2.75, 3.05) is 19.5 Å². The van der Waals surface area contributed by atoms with Crippen LogP contribution in [0.15, 0.2) is 35.6 Å². The average molecular weight is 315 g/mol. The van der Waals surface area contributed by atoms with Gasteiger partial charge in [-0.3, -0.25) is 0 Å². The lowest BCUT2D eigenvalue weighted by molar-refractivity contribution is 0.405. The van der Waals surface area contributed by atoms with E-state index in [0.29, 0.717) is 11.7 Å². The molecular formula is C16H21N5O2. The molecule has 0 amide bonds. The van der Waals surface area contributed by atoms with Crippen LogP contribution in [-0.2, 0) is 13.0 Å². The number of guanidine groups is 1. The van der Waals surface area contributed by atoms with Crippen molar-refractivity contribution in [3.8, 4) is 11.5 Å². The third-order valence-electron chi connectivity index (χ3n) is 3.91. The number of fused-ring (bicyclic) bond motifs is 1. The lowest BCUT2D eigenvalue weighted by Gasteiger charge is -2.21. The van der Waals surface area contributed by atoms with Gasteiger partial charge in [-0.05, 0) is 18.6 Å². The number of aryl methyl sites for hydroxylation is 1. The monoisotopic (exact) mass is 315 g/mol. The first kappa shape index (κ1) is 15.2. The molecule has 0 radical (unpaired) electrons. The number of aromatic nitrogens is 2. The van der Waals surface area contributed by atoms with Gasteiger partial charge in [0.2, 0.25) is 0 Å². The smallest absolute Gasteiger partial charge is 0.193 e. The fourth-order valence-corrected chi connectivity index (χ4v) is 2.72. The Morgan fingerprint density at radius 2 is 2.26 bits per heavy atom. The first-order valence-corrected chi connectivity index (χ1v) is 7.52. The second-order valence-electron chi connectivity index (χ2n) is 5.39. The van der Waals surface area contributed by atoms with Gasteiger partial charge in [0.15, 0.2) is 5.96 Å². The van der Waals surface area contributed by atoms with Crippen molar-refractivity contribution in [2.45, 2.75) is 25.4 Å². The molecule has 0 saturated heterocycles. The summed E-state index contributed by atoms with van der Waals surface area (Å²) in [5, 5.41) is 3.10. The quantitative estimate of drug-likeness (QED) is 0.661. The summed E-state index contributed by atoms with van der Waals surface area (Å²) in [6.07, 6.45) is 5.56. The molecule has 7 heteroatoms. The van der Waals surface area contributed by atoms with E-state index in [1.165, 1.54) is 0 Å². The highest BCUT2D eigenvalue weighted by Gasteiger charge is 2.19. The zero-order chi connectivity index (χ0) is 16.2. The number of nitrogens with one attached hydrogen (secondary N) is 1. The van der Waals surface area contributed by atoms with Gasteiger partial charge in [-0.1, -0.05) is 0 Å². The molecule has 2 aromatic rings. The Morgan fingerprint density at radius 1 is 1.39 bits per heavy atom. The number of anilines is 1. The maximum atomic E-state index is 6.06. The van der Waals surface area contributed by atoms with Gasteiger partial charge >= 0.3 is 0 Å². The maximum Gasteiger partial charge on any atom is 0.193 e. The van der Waals surface area contributed by atoms with Gasteiger partial charge in [0, 0.05) is 31.4 Å². The van der Waals surface area contributed by atoms with Crippen LogP contribution in [0, 0.1) is 0 Å². The van der Waals surface area contributed by atoms with Crippen LogP contribution in [0.4, 0.5) is 5.69 Å². The number of nitrogens with zero attached hydrogens (tertiary/aromatic N) is 3. The van der Waals surface area contributed by atoms with E-state index in [-0.39, 0.29) is 6.04 Å². The van der Waals surface area contributed by atoms with E-state index in [2.05, 4.69) is 19.9 Å². The Kier molecular flexibility index (Phi) is 4.36. The molecule has 1 unspecified atom stereocenters. The largest absolute Gasteiger partial charge is 0.497 e. The molecule has 0 bridgehead atoms. The van der Waals surface area contributed by atoms with Gasteiger partial charge in [-0.2, -0.15) is 0 Å². The Labute approximate surface area is 135 Å². The predicted octanol–water partition coefficient (Wildman–Crippen LogP) is 1.64. The van der Waals surface area contributed by atoms with Crippen molar-refractivity contribution in [1.29, 1.82) is 0 Å². The standard InChI is InChI=1S/C16H21N5O2/c1-22-12-3-4-14(23-2)13(10-12)20-16(17)19-11-5-7-21-8-6-18-15(21)9-11/h3-4,6,8,10-11H,5,7,9H2,1-2H3,(H3,17,19,20). The third-order valence-corrected chi connectivity index (χ3v) is 3.91. The summed E-state index contributed by atoms with van der Waals surface area (Å²) in [6, 6.07) is 5.62. The van der Waals surface area contributed by atoms with E-state index < -0.39 is 0 Å². The Bertz CT molecular complexity index is 710. The molecule has 23 heavy (non-hydrogen) atoms. The Hall–Kier alpha value is -2.70. The van der Waals surface area contributed by atoms with Crippen molar-refractivity contribution in [3.63, 3.8) is 0 Å². The molecule has 0 fully saturated rings. The van der Waals surface area contributed by atoms with E-state index in [4.69, 9.17) is 15.2 Å². The fourth-order valence-electron chi connectivity index (χ4n) is 2.72. The minimum atomic E-state index is 0.133. The van der Waals surface area contributed by atoms with Crippen LogP contribution in [-0.4, -0.2) is 35.8 Å². The number of hydrogen-bond donors (Lipinski definition) is 2. The van der Waals surface area contributed by atoms with Crippen molar-refractivity contribution < 1.29 is 9.47 Å². The van der Waals surface area contributed by atoms with Gasteiger partial charge in [-0.15, -0.1) is 0 Å². The van der Waals surface area contributed by atoms with Gasteiger partial charge in [-0.25, -0.2) is 9.98 Å². The molecule has 1 aliphatic rings. The number of nitrogens with two attached hydrogens (primary N) is 1. The molecule has 7 nitrogen and oxygen atoms in total. The van der Waals surface area contributed by atoms with Crippen LogP contribution in [0.1, 0.15) is 12.2 Å². The highest BCUT2D eigenvalue weighted by Crippen LogP contribution is 2.28. The maximum absolute atomic E-state index is 6.06. The van der Waals surface area contributed by atoms with E-state index in [9.17, 15) is 0 Å². The molecule has 1 aromatic carbocycles. The number of hydrogen-bond acceptors (Lipinski definition) is 4. The van der Waals surface area contributed by atoms with Crippen molar-refractivity contribution in [1.82, 2.24) is 9.55 Å². The van der Waals surface area contributed by atoms with Crippen LogP contribution in [0.25, 0.3) is 0 Å². The molecule has 3 rings (SSSR count). The number of benzene rings is 1. The summed E-state index contributed by atoms with van der Waals surface area (Å²) < 4.78 is 12.7. The lowest BCUT2D eigenvalue weighted by atomic mass is 10.1. The average Bonchev–Trinajstić information content (AvgIpc) is 3.02. The summed E-state index contributed by atoms with van der Waals surface area (Å²) >= 11 is 0. The van der Waals surface area contributed by atoms with E-state index in [1.54, 1.807) is 14.2 Å². The Morgan fingerprint density at radius 3 is 3.04 bits per heavy atom. The zero-order valence-electron chi connectivity index (χ0n) is 13.3. The molecular weight excluding hydrogens is 294 g/mol. The van der Waals surface area contributed by atoms with Crippen LogP contribution >= 0.6 is 0 Å². The van der Waals surface area contributed by atoms with E-state index in [1.807, 2.05) is 30.6 Å². The minimum Gasteiger partial charge on any atom is -0.497 e. The summed E-state index contributed by atoms with van der Waals surface area (Å²) in [5.74, 6) is 2.82. The molecule has 1 aliphatic heterocycles. The molecule has 1 aromatic heterocycles. The molecule has 0 aliphatic carbocycles. The summed E-state index contributed by atoms with van der Waals surface area (Å²) in [4.78, 5) is 8.92. The van der Waals surface area contributed by atoms with Gasteiger partial charge in [0.25, 0.3) is 0 Å². The normalized spacial score (nSPS) is 17.5. The molecule has 3 N–H and O–H groups in total. The van der Waals surface area contributed by atoms with E-state index in [0.717, 1.165) is 36.6 Å². The SMILES string of the molecule is COc1ccc(OC)c(NC(N)=NC2CCn3ccnc3C2)c1. The second-order valence-corrected chi connectivity index (χ2v) is 5.39. The van der Waals surface area contributed by atoms with Crippen LogP contribution < -0.4 is 20.5 Å². The molecule has 2 heterocycles. The van der Waals surface area contributed by atoms with Gasteiger partial charge in [0.1, 0.15) is 17.3 Å². The summed E-state index contributed by atoms with van der Waals surface area (Å²) in [7, 11) is 3.23. The van der Waals surface area contributed by atoms with Gasteiger partial charge < -0.3 is 25.1 Å². The van der Waals surface area contributed by atoms with E-state index >= 15 is 0 Å². The number of imidazole rings is 1. The number of aliphatic imine (C=N–C) groups is 1. The second kappa shape index (κ2) is 6.60. The highest BCUT2D eigenvalue weighted by molar-refractivity contribution is 5.94. The fraction of sp³-hybridized carbons (Fsp3) is 0.375. The van der Waals surface area contributed by atoms with Crippen molar-refractivity contribution in [3.05, 3.63) is 36.4 Å². The summed E-state index contributed by atoms with van der Waals surface area (Å²) in [5.41, 5.74) is 6.79. The van der Waals surface area contributed by atoms with Crippen LogP contribution in [0.5, 0.6) is 11.5 Å². The van der Waals surface area contributed by atoms with Crippen LogP contribution in [0.3, 0.4) is 0 Å². The number of ether oxygens (including phenoxy) is 2. The molecule has 1 atom stereocenters. The topological polar surface area (TPSA) is 86.7 Å². The van der Waals surface area contributed by atoms with Crippen LogP contribution in [0.2, 0.25) is 0 Å². The number of methoxy groups -OCH3 is 2. The summed E-state index contributed by atoms with van der Waals surface area (Å²) in [6.45, 7) is 0.916. The number of rotatable bonds is 4. The minimum absolute atomic E-state index is 0.133. The van der Waals surface area contributed by atoms with Crippen molar-refractivity contribution in [2.24, 2.45) is 10.7 Å². The predicted molar refractivity (Wildman–Crippen MR) is 89.1 cm³/mol. The third kappa shape index (κ3) is 3.39. The zero-order valence-corrected chi connectivity index (χ0v) is 13.3. The molecule has 0 spiro atoms. The van der Waals surface area contributed by atoms with Gasteiger partial charge in [0.05, 0.1) is 25.9 Å². The first-order chi connectivity index (χ1) is 11.2. The molecule has 122 valence electrons. The first-order valence-electron chi connectivity index (χ1n) is 7.52. The highest BCUT2D eigenvalue weighted by atomic mass is 16.5. The Balaban J connectivity index is 1.73.